The number of phenols is 1. The van der Waals surface area contributed by atoms with Gasteiger partial charge in [0.2, 0.25) is 0 Å². The van der Waals surface area contributed by atoms with Crippen LogP contribution < -0.4 is 9.64 Å². The number of nitrogens with zero attached hydrogens (tertiary/aromatic N) is 1. The van der Waals surface area contributed by atoms with E-state index in [1.165, 1.54) is 0 Å². The Morgan fingerprint density at radius 3 is 2.65 bits per heavy atom. The van der Waals surface area contributed by atoms with Crippen molar-refractivity contribution in [2.45, 2.75) is 13.8 Å². The van der Waals surface area contributed by atoms with Gasteiger partial charge in [-0.2, -0.15) is 0 Å². The highest BCUT2D eigenvalue weighted by Crippen LogP contribution is 2.42. The Morgan fingerprint density at radius 1 is 1.08 bits per heavy atom. The maximum absolute atomic E-state index is 10.7. The van der Waals surface area contributed by atoms with Crippen molar-refractivity contribution in [3.8, 4) is 22.6 Å². The van der Waals surface area contributed by atoms with Crippen molar-refractivity contribution in [1.29, 1.82) is 0 Å². The zero-order valence-corrected chi connectivity index (χ0v) is 15.6. The zero-order chi connectivity index (χ0) is 18.5. The molecule has 0 saturated heterocycles. The third-order valence-corrected chi connectivity index (χ3v) is 4.48. The number of anilines is 1. The molecule has 0 unspecified atom stereocenters. The summed E-state index contributed by atoms with van der Waals surface area (Å²) in [5.74, 6) is 1.08. The molecule has 0 fully saturated rings. The highest BCUT2D eigenvalue weighted by Gasteiger charge is 2.16. The lowest BCUT2D eigenvalue weighted by molar-refractivity contribution is 0.340. The average molecular weight is 347 g/mol. The lowest BCUT2D eigenvalue weighted by Gasteiger charge is -2.23. The smallest absolute Gasteiger partial charge is 0.124 e. The van der Waals surface area contributed by atoms with Crippen LogP contribution in [-0.2, 0) is 0 Å². The fraction of sp³-hybridized carbons (Fsp3) is 0.217. The minimum absolute atomic E-state index is 0.276. The monoisotopic (exact) mass is 347 g/mol. The number of fused-ring (bicyclic) bond motifs is 1. The Hall–Kier alpha value is -2.94. The summed E-state index contributed by atoms with van der Waals surface area (Å²) in [6.07, 6.45) is 4.16. The molecule has 0 bridgehead atoms. The molecular weight excluding hydrogens is 322 g/mol. The van der Waals surface area contributed by atoms with Gasteiger partial charge in [0.15, 0.2) is 0 Å². The number of aromatic hydroxyl groups is 1. The van der Waals surface area contributed by atoms with Crippen molar-refractivity contribution in [1.82, 2.24) is 0 Å². The first-order valence-electron chi connectivity index (χ1n) is 8.96. The van der Waals surface area contributed by atoms with E-state index in [9.17, 15) is 5.11 Å². The maximum atomic E-state index is 10.7. The zero-order valence-electron chi connectivity index (χ0n) is 15.6. The van der Waals surface area contributed by atoms with Crippen LogP contribution in [0.1, 0.15) is 13.8 Å². The second-order valence-corrected chi connectivity index (χ2v) is 6.24. The van der Waals surface area contributed by atoms with Gasteiger partial charge in [-0.15, -0.1) is 0 Å². The number of rotatable bonds is 6. The summed E-state index contributed by atoms with van der Waals surface area (Å²) in [4.78, 5) is 2.17. The minimum Gasteiger partial charge on any atom is -0.507 e. The van der Waals surface area contributed by atoms with Gasteiger partial charge in [-0.3, -0.25) is 0 Å². The van der Waals surface area contributed by atoms with Gasteiger partial charge < -0.3 is 14.7 Å². The van der Waals surface area contributed by atoms with E-state index in [4.69, 9.17) is 4.74 Å². The molecule has 0 aliphatic rings. The van der Waals surface area contributed by atoms with E-state index in [0.29, 0.717) is 6.61 Å². The number of benzene rings is 3. The van der Waals surface area contributed by atoms with Crippen LogP contribution in [0.15, 0.2) is 66.7 Å². The maximum Gasteiger partial charge on any atom is 0.124 e. The lowest BCUT2D eigenvalue weighted by Crippen LogP contribution is -2.17. The van der Waals surface area contributed by atoms with Gasteiger partial charge in [-0.1, -0.05) is 42.5 Å². The van der Waals surface area contributed by atoms with E-state index < -0.39 is 0 Å². The van der Waals surface area contributed by atoms with Gasteiger partial charge >= 0.3 is 0 Å². The SMILES string of the molecule is C/C=C\CN(C)c1ccc(OCC)cc1-c1c(O)ccc2ccccc12. The molecule has 0 aliphatic carbocycles. The molecule has 0 aromatic heterocycles. The predicted molar refractivity (Wildman–Crippen MR) is 110 cm³/mol. The summed E-state index contributed by atoms with van der Waals surface area (Å²) in [6.45, 7) is 5.39. The molecule has 1 N–H and O–H groups in total. The van der Waals surface area contributed by atoms with Gasteiger partial charge in [0.25, 0.3) is 0 Å². The van der Waals surface area contributed by atoms with Crippen molar-refractivity contribution in [3.05, 3.63) is 66.7 Å². The van der Waals surface area contributed by atoms with Crippen LogP contribution in [0, 0.1) is 0 Å². The molecule has 3 heteroatoms. The summed E-state index contributed by atoms with van der Waals surface area (Å²) in [5, 5.41) is 12.8. The molecule has 0 radical (unpaired) electrons. The quantitative estimate of drug-likeness (QED) is 0.587. The van der Waals surface area contributed by atoms with E-state index in [0.717, 1.165) is 39.9 Å². The van der Waals surface area contributed by atoms with Crippen molar-refractivity contribution in [2.24, 2.45) is 0 Å². The number of phenolic OH excluding ortho intramolecular Hbond substituents is 1. The van der Waals surface area contributed by atoms with Gasteiger partial charge in [0.1, 0.15) is 11.5 Å². The molecule has 0 heterocycles. The Morgan fingerprint density at radius 2 is 1.88 bits per heavy atom. The lowest BCUT2D eigenvalue weighted by atomic mass is 9.95. The fourth-order valence-electron chi connectivity index (χ4n) is 3.21. The molecule has 3 nitrogen and oxygen atoms in total. The Kier molecular flexibility index (Phi) is 5.47. The fourth-order valence-corrected chi connectivity index (χ4v) is 3.21. The molecule has 26 heavy (non-hydrogen) atoms. The third kappa shape index (κ3) is 3.52. The van der Waals surface area contributed by atoms with E-state index in [2.05, 4.69) is 30.2 Å². The molecule has 0 spiro atoms. The molecular formula is C23H25NO2. The van der Waals surface area contributed by atoms with Crippen LogP contribution >= 0.6 is 0 Å². The largest absolute Gasteiger partial charge is 0.507 e. The second kappa shape index (κ2) is 7.96. The van der Waals surface area contributed by atoms with Crippen molar-refractivity contribution in [2.75, 3.05) is 25.1 Å². The topological polar surface area (TPSA) is 32.7 Å². The van der Waals surface area contributed by atoms with E-state index in [1.807, 2.05) is 56.3 Å². The molecule has 3 rings (SSSR count). The number of allylic oxidation sites excluding steroid dienone is 1. The third-order valence-electron chi connectivity index (χ3n) is 4.48. The van der Waals surface area contributed by atoms with Crippen LogP contribution in [0.3, 0.4) is 0 Å². The first-order valence-corrected chi connectivity index (χ1v) is 8.96. The van der Waals surface area contributed by atoms with E-state index in [1.54, 1.807) is 6.07 Å². The summed E-state index contributed by atoms with van der Waals surface area (Å²) in [5.41, 5.74) is 2.86. The van der Waals surface area contributed by atoms with Gasteiger partial charge in [0.05, 0.1) is 6.61 Å². The summed E-state index contributed by atoms with van der Waals surface area (Å²) in [6, 6.07) is 17.9. The molecule has 134 valence electrons. The van der Waals surface area contributed by atoms with Crippen molar-refractivity contribution in [3.63, 3.8) is 0 Å². The van der Waals surface area contributed by atoms with E-state index in [-0.39, 0.29) is 5.75 Å². The van der Waals surface area contributed by atoms with Crippen molar-refractivity contribution >= 4 is 16.5 Å². The number of likely N-dealkylation sites (N-methyl/N-ethyl adjacent to an activating group) is 1. The molecule has 0 atom stereocenters. The van der Waals surface area contributed by atoms with Crippen LogP contribution in [-0.4, -0.2) is 25.3 Å². The Bertz CT molecular complexity index is 931. The van der Waals surface area contributed by atoms with Gasteiger partial charge in [0, 0.05) is 30.4 Å². The molecule has 0 aliphatic heterocycles. The summed E-state index contributed by atoms with van der Waals surface area (Å²) in [7, 11) is 2.06. The van der Waals surface area contributed by atoms with Crippen molar-refractivity contribution < 1.29 is 9.84 Å². The predicted octanol–water partition coefficient (Wildman–Crippen LogP) is 5.62. The first kappa shape index (κ1) is 17.9. The molecule has 3 aromatic rings. The first-order chi connectivity index (χ1) is 12.7. The van der Waals surface area contributed by atoms with E-state index >= 15 is 0 Å². The van der Waals surface area contributed by atoms with Crippen LogP contribution in [0.25, 0.3) is 21.9 Å². The van der Waals surface area contributed by atoms with Gasteiger partial charge in [-0.05, 0) is 48.9 Å². The number of ether oxygens (including phenoxy) is 1. The van der Waals surface area contributed by atoms with Gasteiger partial charge in [-0.25, -0.2) is 0 Å². The molecule has 0 saturated carbocycles. The van der Waals surface area contributed by atoms with Crippen LogP contribution in [0.4, 0.5) is 5.69 Å². The van der Waals surface area contributed by atoms with Crippen LogP contribution in [0.2, 0.25) is 0 Å². The molecule has 3 aromatic carbocycles. The standard InChI is InChI=1S/C23H25NO2/c1-4-6-15-24(3)21-13-12-18(26-5-2)16-20(21)23-19-10-8-7-9-17(19)11-14-22(23)25/h4,6-14,16,25H,5,15H2,1-3H3/b6-4-. The Balaban J connectivity index is 2.25. The minimum atomic E-state index is 0.276. The second-order valence-electron chi connectivity index (χ2n) is 6.24. The van der Waals surface area contributed by atoms with Crippen LogP contribution in [0.5, 0.6) is 11.5 Å². The number of hydrogen-bond donors (Lipinski definition) is 1. The average Bonchev–Trinajstić information content (AvgIpc) is 2.66. The number of hydrogen-bond acceptors (Lipinski definition) is 3. The highest BCUT2D eigenvalue weighted by molar-refractivity contribution is 6.02. The summed E-state index contributed by atoms with van der Waals surface area (Å²) >= 11 is 0. The normalized spacial score (nSPS) is 11.2. The Labute approximate surface area is 155 Å². The molecule has 0 amide bonds. The highest BCUT2D eigenvalue weighted by atomic mass is 16.5. The summed E-state index contributed by atoms with van der Waals surface area (Å²) < 4.78 is 5.72.